The molecule has 0 aliphatic rings. The van der Waals surface area contributed by atoms with E-state index in [1.165, 1.54) is 16.5 Å². The van der Waals surface area contributed by atoms with Gasteiger partial charge in [0.15, 0.2) is 0 Å². The summed E-state index contributed by atoms with van der Waals surface area (Å²) in [6.45, 7) is 2.70. The Morgan fingerprint density at radius 1 is 1.00 bits per heavy atom. The van der Waals surface area contributed by atoms with Gasteiger partial charge in [0, 0.05) is 17.1 Å². The number of benzene rings is 2. The predicted octanol–water partition coefficient (Wildman–Crippen LogP) is 4.06. The van der Waals surface area contributed by atoms with Crippen LogP contribution in [0.4, 0.5) is 0 Å². The maximum atomic E-state index is 5.80. The molecule has 1 N–H and O–H groups in total. The molecule has 1 heterocycles. The molecule has 3 rings (SSSR count). The molecule has 0 amide bonds. The summed E-state index contributed by atoms with van der Waals surface area (Å²) in [4.78, 5) is 3.17. The number of aromatic nitrogens is 1. The average Bonchev–Trinajstić information content (AvgIpc) is 2.85. The van der Waals surface area contributed by atoms with Crippen LogP contribution >= 0.6 is 0 Å². The fourth-order valence-corrected chi connectivity index (χ4v) is 1.97. The second-order valence-corrected chi connectivity index (χ2v) is 4.50. The molecule has 90 valence electrons. The molecule has 0 aliphatic carbocycles. The number of hydrogen-bond donors (Lipinski definition) is 1. The van der Waals surface area contributed by atoms with Crippen molar-refractivity contribution in [2.45, 2.75) is 13.5 Å². The highest BCUT2D eigenvalue weighted by molar-refractivity contribution is 5.80. The van der Waals surface area contributed by atoms with Gasteiger partial charge in [-0.1, -0.05) is 29.8 Å². The summed E-state index contributed by atoms with van der Waals surface area (Å²) < 4.78 is 5.80. The lowest BCUT2D eigenvalue weighted by Gasteiger charge is -2.06. The number of rotatable bonds is 3. The van der Waals surface area contributed by atoms with Crippen LogP contribution in [0.15, 0.2) is 54.7 Å². The highest BCUT2D eigenvalue weighted by Crippen LogP contribution is 2.20. The van der Waals surface area contributed by atoms with Crippen LogP contribution in [0.3, 0.4) is 0 Å². The molecule has 2 nitrogen and oxygen atoms in total. The molecule has 0 unspecified atom stereocenters. The van der Waals surface area contributed by atoms with Crippen molar-refractivity contribution in [2.24, 2.45) is 0 Å². The Bertz CT molecular complexity index is 652. The number of fused-ring (bicyclic) bond motifs is 1. The van der Waals surface area contributed by atoms with Crippen LogP contribution in [0.25, 0.3) is 10.9 Å². The summed E-state index contributed by atoms with van der Waals surface area (Å²) >= 11 is 0. The zero-order chi connectivity index (χ0) is 12.4. The third-order valence-corrected chi connectivity index (χ3v) is 3.05. The third-order valence-electron chi connectivity index (χ3n) is 3.05. The molecule has 3 aromatic rings. The van der Waals surface area contributed by atoms with Gasteiger partial charge in [-0.25, -0.2) is 0 Å². The molecule has 2 heteroatoms. The Kier molecular flexibility index (Phi) is 2.77. The van der Waals surface area contributed by atoms with Crippen molar-refractivity contribution in [3.05, 3.63) is 65.9 Å². The van der Waals surface area contributed by atoms with Crippen molar-refractivity contribution in [3.8, 4) is 5.75 Å². The summed E-state index contributed by atoms with van der Waals surface area (Å²) in [5.74, 6) is 0.905. The van der Waals surface area contributed by atoms with Crippen LogP contribution in [-0.4, -0.2) is 4.98 Å². The predicted molar refractivity (Wildman–Crippen MR) is 73.8 cm³/mol. The van der Waals surface area contributed by atoms with Gasteiger partial charge < -0.3 is 9.72 Å². The van der Waals surface area contributed by atoms with Gasteiger partial charge in [-0.3, -0.25) is 0 Å². The SMILES string of the molecule is Cc1ccc(COc2ccc3[nH]ccc3c2)cc1. The van der Waals surface area contributed by atoms with E-state index in [2.05, 4.69) is 42.2 Å². The molecule has 0 bridgehead atoms. The van der Waals surface area contributed by atoms with Crippen molar-refractivity contribution in [1.29, 1.82) is 0 Å². The molecule has 2 aromatic carbocycles. The minimum absolute atomic E-state index is 0.607. The summed E-state index contributed by atoms with van der Waals surface area (Å²) in [5.41, 5.74) is 3.60. The van der Waals surface area contributed by atoms with E-state index in [9.17, 15) is 0 Å². The molecule has 0 aliphatic heterocycles. The van der Waals surface area contributed by atoms with Gasteiger partial charge in [-0.05, 0) is 36.8 Å². The van der Waals surface area contributed by atoms with Crippen molar-refractivity contribution >= 4 is 10.9 Å². The quantitative estimate of drug-likeness (QED) is 0.730. The molecular weight excluding hydrogens is 222 g/mol. The topological polar surface area (TPSA) is 25.0 Å². The lowest BCUT2D eigenvalue weighted by Crippen LogP contribution is -1.95. The zero-order valence-corrected chi connectivity index (χ0v) is 10.3. The Morgan fingerprint density at radius 2 is 1.83 bits per heavy atom. The fraction of sp³-hybridized carbons (Fsp3) is 0.125. The Morgan fingerprint density at radius 3 is 2.67 bits per heavy atom. The molecule has 0 saturated carbocycles. The fourth-order valence-electron chi connectivity index (χ4n) is 1.97. The van der Waals surface area contributed by atoms with Gasteiger partial charge in [-0.2, -0.15) is 0 Å². The van der Waals surface area contributed by atoms with Crippen LogP contribution in [0.5, 0.6) is 5.75 Å². The van der Waals surface area contributed by atoms with E-state index in [1.54, 1.807) is 0 Å². The highest BCUT2D eigenvalue weighted by atomic mass is 16.5. The standard InChI is InChI=1S/C16H15NO/c1-12-2-4-13(5-3-12)11-18-15-6-7-16-14(10-15)8-9-17-16/h2-10,17H,11H2,1H3. The molecule has 0 spiro atoms. The number of ether oxygens (including phenoxy) is 1. The van der Waals surface area contributed by atoms with Gasteiger partial charge in [0.05, 0.1) is 0 Å². The Labute approximate surface area is 106 Å². The summed E-state index contributed by atoms with van der Waals surface area (Å²) in [5, 5.41) is 1.18. The van der Waals surface area contributed by atoms with Gasteiger partial charge in [0.2, 0.25) is 0 Å². The third kappa shape index (κ3) is 2.23. The first-order valence-electron chi connectivity index (χ1n) is 6.07. The maximum Gasteiger partial charge on any atom is 0.120 e. The minimum Gasteiger partial charge on any atom is -0.489 e. The van der Waals surface area contributed by atoms with E-state index < -0.39 is 0 Å². The molecule has 18 heavy (non-hydrogen) atoms. The Balaban J connectivity index is 1.74. The molecule has 0 saturated heterocycles. The van der Waals surface area contributed by atoms with Crippen LogP contribution in [0.2, 0.25) is 0 Å². The van der Waals surface area contributed by atoms with Crippen molar-refractivity contribution in [1.82, 2.24) is 4.98 Å². The van der Waals surface area contributed by atoms with E-state index in [-0.39, 0.29) is 0 Å². The summed E-state index contributed by atoms with van der Waals surface area (Å²) in [7, 11) is 0. The number of aromatic amines is 1. The van der Waals surface area contributed by atoms with Gasteiger partial charge >= 0.3 is 0 Å². The largest absolute Gasteiger partial charge is 0.489 e. The molecule has 0 atom stereocenters. The van der Waals surface area contributed by atoms with E-state index >= 15 is 0 Å². The number of nitrogens with one attached hydrogen (secondary N) is 1. The van der Waals surface area contributed by atoms with Gasteiger partial charge in [-0.15, -0.1) is 0 Å². The van der Waals surface area contributed by atoms with E-state index in [0.29, 0.717) is 6.61 Å². The number of H-pyrrole nitrogens is 1. The van der Waals surface area contributed by atoms with E-state index in [4.69, 9.17) is 4.74 Å². The van der Waals surface area contributed by atoms with E-state index in [0.717, 1.165) is 11.3 Å². The summed E-state index contributed by atoms with van der Waals surface area (Å²) in [6, 6.07) is 16.6. The highest BCUT2D eigenvalue weighted by Gasteiger charge is 1.99. The first-order valence-corrected chi connectivity index (χ1v) is 6.07. The lowest BCUT2D eigenvalue weighted by atomic mass is 10.2. The van der Waals surface area contributed by atoms with Crippen LogP contribution in [0.1, 0.15) is 11.1 Å². The van der Waals surface area contributed by atoms with Crippen molar-refractivity contribution < 1.29 is 4.74 Å². The smallest absolute Gasteiger partial charge is 0.120 e. The van der Waals surface area contributed by atoms with Crippen LogP contribution in [0, 0.1) is 6.92 Å². The van der Waals surface area contributed by atoms with Crippen molar-refractivity contribution in [3.63, 3.8) is 0 Å². The molecular formula is C16H15NO. The normalized spacial score (nSPS) is 10.7. The van der Waals surface area contributed by atoms with E-state index in [1.807, 2.05) is 24.4 Å². The second kappa shape index (κ2) is 4.57. The average molecular weight is 237 g/mol. The minimum atomic E-state index is 0.607. The monoisotopic (exact) mass is 237 g/mol. The maximum absolute atomic E-state index is 5.80. The summed E-state index contributed by atoms with van der Waals surface area (Å²) in [6.07, 6.45) is 1.94. The Hall–Kier alpha value is -2.22. The van der Waals surface area contributed by atoms with Gasteiger partial charge in [0.1, 0.15) is 12.4 Å². The van der Waals surface area contributed by atoms with Crippen LogP contribution < -0.4 is 4.74 Å². The first kappa shape index (κ1) is 10.9. The first-order chi connectivity index (χ1) is 8.81. The molecule has 0 fully saturated rings. The van der Waals surface area contributed by atoms with Gasteiger partial charge in [0.25, 0.3) is 0 Å². The van der Waals surface area contributed by atoms with Crippen LogP contribution in [-0.2, 0) is 6.61 Å². The zero-order valence-electron chi connectivity index (χ0n) is 10.3. The lowest BCUT2D eigenvalue weighted by molar-refractivity contribution is 0.306. The number of aryl methyl sites for hydroxylation is 1. The molecule has 0 radical (unpaired) electrons. The van der Waals surface area contributed by atoms with Crippen molar-refractivity contribution in [2.75, 3.05) is 0 Å². The second-order valence-electron chi connectivity index (χ2n) is 4.50. The number of hydrogen-bond acceptors (Lipinski definition) is 1. The molecule has 1 aromatic heterocycles.